The summed E-state index contributed by atoms with van der Waals surface area (Å²) in [5, 5.41) is 4.39. The molecule has 1 aromatic heterocycles. The first-order valence-corrected chi connectivity index (χ1v) is 11.9. The van der Waals surface area contributed by atoms with E-state index in [-0.39, 0.29) is 5.97 Å². The zero-order chi connectivity index (χ0) is 22.5. The van der Waals surface area contributed by atoms with Crippen molar-refractivity contribution >= 4 is 22.7 Å². The molecule has 2 aromatic rings. The molecule has 0 amide bonds. The van der Waals surface area contributed by atoms with Crippen LogP contribution in [0.4, 0.5) is 5.82 Å². The molecule has 1 fully saturated rings. The number of hydrogen-bond acceptors (Lipinski definition) is 7. The Labute approximate surface area is 190 Å². The Morgan fingerprint density at radius 3 is 2.69 bits per heavy atom. The number of methoxy groups -OCH3 is 1. The number of pyridine rings is 1. The van der Waals surface area contributed by atoms with Crippen LogP contribution in [0.5, 0.6) is 11.5 Å². The summed E-state index contributed by atoms with van der Waals surface area (Å²) in [4.78, 5) is 19.5. The quantitative estimate of drug-likeness (QED) is 0.442. The van der Waals surface area contributed by atoms with Gasteiger partial charge in [-0.25, -0.2) is 9.78 Å². The number of ether oxygens (including phenoxy) is 3. The second kappa shape index (κ2) is 10.4. The first kappa shape index (κ1) is 22.6. The van der Waals surface area contributed by atoms with E-state index in [1.165, 1.54) is 37.1 Å². The molecule has 7 nitrogen and oxygen atoms in total. The third-order valence-electron chi connectivity index (χ3n) is 6.41. The molecule has 1 atom stereocenters. The van der Waals surface area contributed by atoms with E-state index < -0.39 is 6.04 Å². The van der Waals surface area contributed by atoms with Gasteiger partial charge in [-0.05, 0) is 82.7 Å². The highest BCUT2D eigenvalue weighted by atomic mass is 16.5. The number of carbonyl (C=O) groups excluding carboxylic acids is 1. The average molecular weight is 442 g/mol. The van der Waals surface area contributed by atoms with Crippen molar-refractivity contribution in [1.29, 1.82) is 0 Å². The summed E-state index contributed by atoms with van der Waals surface area (Å²) in [6.07, 6.45) is 6.63. The Hall–Kier alpha value is -2.54. The number of carbonyl (C=O) groups is 1. The van der Waals surface area contributed by atoms with Gasteiger partial charge in [-0.15, -0.1) is 0 Å². The van der Waals surface area contributed by atoms with Crippen LogP contribution in [-0.2, 0) is 22.4 Å². The molecule has 174 valence electrons. The van der Waals surface area contributed by atoms with Gasteiger partial charge in [0.1, 0.15) is 11.9 Å². The molecular formula is C25H35N3O4. The molecule has 1 aromatic carbocycles. The van der Waals surface area contributed by atoms with E-state index in [1.807, 2.05) is 19.9 Å². The first-order chi connectivity index (χ1) is 15.6. The second-order valence-electron chi connectivity index (χ2n) is 8.66. The molecular weight excluding hydrogens is 406 g/mol. The van der Waals surface area contributed by atoms with Crippen LogP contribution in [0, 0.1) is 0 Å². The Morgan fingerprint density at radius 2 is 1.94 bits per heavy atom. The zero-order valence-corrected chi connectivity index (χ0v) is 19.5. The predicted octanol–water partition coefficient (Wildman–Crippen LogP) is 3.96. The Balaban J connectivity index is 1.56. The lowest BCUT2D eigenvalue weighted by Crippen LogP contribution is -2.29. The third-order valence-corrected chi connectivity index (χ3v) is 6.41. The van der Waals surface area contributed by atoms with Crippen molar-refractivity contribution in [3.63, 3.8) is 0 Å². The molecule has 0 radical (unpaired) electrons. The van der Waals surface area contributed by atoms with Gasteiger partial charge in [-0.3, -0.25) is 0 Å². The van der Waals surface area contributed by atoms with Crippen LogP contribution in [0.3, 0.4) is 0 Å². The standard InChI is InChI=1S/C25H35N3O4/c1-4-31-25(29)17(2)26-24-19-10-7-9-18(19)20-15-22(30-3)23(16-21(20)27-24)32-14-8-13-28-11-5-6-12-28/h15-17H,4-14H2,1-3H3,(H,26,27). The van der Waals surface area contributed by atoms with Crippen molar-refractivity contribution in [2.45, 2.75) is 58.4 Å². The fraction of sp³-hybridized carbons (Fsp3) is 0.600. The summed E-state index contributed by atoms with van der Waals surface area (Å²) in [6, 6.07) is 3.58. The largest absolute Gasteiger partial charge is 0.493 e. The molecule has 1 aliphatic carbocycles. The van der Waals surface area contributed by atoms with E-state index in [0.717, 1.165) is 60.4 Å². The lowest BCUT2D eigenvalue weighted by molar-refractivity contribution is -0.143. The maximum absolute atomic E-state index is 12.1. The summed E-state index contributed by atoms with van der Waals surface area (Å²) in [6.45, 7) is 8.12. The average Bonchev–Trinajstić information content (AvgIpc) is 3.49. The van der Waals surface area contributed by atoms with Gasteiger partial charge >= 0.3 is 5.97 Å². The highest BCUT2D eigenvalue weighted by molar-refractivity contribution is 5.90. The van der Waals surface area contributed by atoms with E-state index >= 15 is 0 Å². The summed E-state index contributed by atoms with van der Waals surface area (Å²) < 4.78 is 16.9. The van der Waals surface area contributed by atoms with Crippen molar-refractivity contribution in [1.82, 2.24) is 9.88 Å². The normalized spacial score (nSPS) is 16.7. The number of benzene rings is 1. The highest BCUT2D eigenvalue weighted by Crippen LogP contribution is 2.39. The van der Waals surface area contributed by atoms with Crippen LogP contribution < -0.4 is 14.8 Å². The van der Waals surface area contributed by atoms with Gasteiger partial charge in [0.25, 0.3) is 0 Å². The molecule has 7 heteroatoms. The summed E-state index contributed by atoms with van der Waals surface area (Å²) in [7, 11) is 1.68. The number of aryl methyl sites for hydroxylation is 1. The Bertz CT molecular complexity index is 956. The molecule has 1 aliphatic heterocycles. The maximum atomic E-state index is 12.1. The number of fused-ring (bicyclic) bond motifs is 3. The fourth-order valence-electron chi connectivity index (χ4n) is 4.77. The topological polar surface area (TPSA) is 72.9 Å². The van der Waals surface area contributed by atoms with Gasteiger partial charge in [-0.1, -0.05) is 0 Å². The highest BCUT2D eigenvalue weighted by Gasteiger charge is 2.24. The van der Waals surface area contributed by atoms with Crippen molar-refractivity contribution in [3.05, 3.63) is 23.3 Å². The summed E-state index contributed by atoms with van der Waals surface area (Å²) in [5.41, 5.74) is 3.34. The molecule has 0 spiro atoms. The Kier molecular flexibility index (Phi) is 7.35. The van der Waals surface area contributed by atoms with E-state index in [2.05, 4.69) is 16.3 Å². The van der Waals surface area contributed by atoms with Crippen LogP contribution in [0.25, 0.3) is 10.9 Å². The number of anilines is 1. The fourth-order valence-corrected chi connectivity index (χ4v) is 4.77. The number of esters is 1. The summed E-state index contributed by atoms with van der Waals surface area (Å²) in [5.74, 6) is 1.97. The zero-order valence-electron chi connectivity index (χ0n) is 19.5. The van der Waals surface area contributed by atoms with Crippen LogP contribution in [-0.4, -0.2) is 61.9 Å². The number of nitrogens with one attached hydrogen (secondary N) is 1. The van der Waals surface area contributed by atoms with Crippen molar-refractivity contribution < 1.29 is 19.0 Å². The van der Waals surface area contributed by atoms with E-state index in [4.69, 9.17) is 19.2 Å². The molecule has 1 saturated heterocycles. The molecule has 1 unspecified atom stereocenters. The van der Waals surface area contributed by atoms with Crippen LogP contribution in [0.15, 0.2) is 12.1 Å². The van der Waals surface area contributed by atoms with E-state index in [9.17, 15) is 4.79 Å². The number of aromatic nitrogens is 1. The van der Waals surface area contributed by atoms with Crippen molar-refractivity contribution in [2.75, 3.05) is 45.3 Å². The van der Waals surface area contributed by atoms with Gasteiger partial charge in [-0.2, -0.15) is 0 Å². The minimum atomic E-state index is -0.454. The second-order valence-corrected chi connectivity index (χ2v) is 8.66. The third kappa shape index (κ3) is 4.93. The van der Waals surface area contributed by atoms with Crippen LogP contribution >= 0.6 is 0 Å². The van der Waals surface area contributed by atoms with Crippen molar-refractivity contribution in [3.8, 4) is 11.5 Å². The first-order valence-electron chi connectivity index (χ1n) is 11.9. The van der Waals surface area contributed by atoms with Crippen LogP contribution in [0.1, 0.15) is 50.7 Å². The lowest BCUT2D eigenvalue weighted by Gasteiger charge is -2.19. The van der Waals surface area contributed by atoms with Crippen molar-refractivity contribution in [2.24, 2.45) is 0 Å². The van der Waals surface area contributed by atoms with Gasteiger partial charge in [0.15, 0.2) is 11.5 Å². The molecule has 32 heavy (non-hydrogen) atoms. The SMILES string of the molecule is CCOC(=O)C(C)Nc1nc2cc(OCCCN3CCCC3)c(OC)cc2c2c1CCC2. The van der Waals surface area contributed by atoms with Crippen LogP contribution in [0.2, 0.25) is 0 Å². The number of nitrogens with zero attached hydrogens (tertiary/aromatic N) is 2. The van der Waals surface area contributed by atoms with E-state index in [0.29, 0.717) is 13.2 Å². The van der Waals surface area contributed by atoms with Gasteiger partial charge in [0.05, 0.1) is 25.8 Å². The number of rotatable bonds is 10. The predicted molar refractivity (Wildman–Crippen MR) is 126 cm³/mol. The molecule has 1 N–H and O–H groups in total. The minimum absolute atomic E-state index is 0.266. The van der Waals surface area contributed by atoms with Gasteiger partial charge in [0.2, 0.25) is 0 Å². The van der Waals surface area contributed by atoms with E-state index in [1.54, 1.807) is 7.11 Å². The lowest BCUT2D eigenvalue weighted by atomic mass is 10.0. The number of likely N-dealkylation sites (tertiary alicyclic amines) is 1. The molecule has 0 saturated carbocycles. The smallest absolute Gasteiger partial charge is 0.328 e. The Morgan fingerprint density at radius 1 is 1.16 bits per heavy atom. The monoisotopic (exact) mass is 441 g/mol. The van der Waals surface area contributed by atoms with Gasteiger partial charge < -0.3 is 24.4 Å². The molecule has 2 heterocycles. The summed E-state index contributed by atoms with van der Waals surface area (Å²) >= 11 is 0. The molecule has 0 bridgehead atoms. The molecule has 2 aliphatic rings. The minimum Gasteiger partial charge on any atom is -0.493 e. The number of hydrogen-bond donors (Lipinski definition) is 1. The van der Waals surface area contributed by atoms with Gasteiger partial charge in [0, 0.05) is 18.0 Å². The molecule has 4 rings (SSSR count). The maximum Gasteiger partial charge on any atom is 0.328 e.